The van der Waals surface area contributed by atoms with Crippen molar-refractivity contribution in [3.63, 3.8) is 0 Å². The Balaban J connectivity index is 2.25. The Morgan fingerprint density at radius 3 is 2.62 bits per heavy atom. The number of aliphatic hydroxyl groups excluding tert-OH is 1. The van der Waals surface area contributed by atoms with Crippen LogP contribution in [0.15, 0.2) is 18.2 Å². The second-order valence-corrected chi connectivity index (χ2v) is 5.90. The van der Waals surface area contributed by atoms with Gasteiger partial charge in [0.1, 0.15) is 5.82 Å². The summed E-state index contributed by atoms with van der Waals surface area (Å²) in [6.45, 7) is 8.41. The van der Waals surface area contributed by atoms with E-state index in [2.05, 4.69) is 28.3 Å². The van der Waals surface area contributed by atoms with Gasteiger partial charge in [-0.2, -0.15) is 0 Å². The van der Waals surface area contributed by atoms with E-state index in [-0.39, 0.29) is 12.2 Å². The lowest BCUT2D eigenvalue weighted by Crippen LogP contribution is -2.25. The third-order valence-electron chi connectivity index (χ3n) is 4.38. The van der Waals surface area contributed by atoms with E-state index >= 15 is 0 Å². The maximum atomic E-state index is 11.1. The number of fused-ring (bicyclic) bond motifs is 1. The molecule has 0 amide bonds. The second-order valence-electron chi connectivity index (χ2n) is 5.90. The van der Waals surface area contributed by atoms with Crippen molar-refractivity contribution >= 4 is 17.0 Å². The van der Waals surface area contributed by atoms with Gasteiger partial charge in [-0.15, -0.1) is 0 Å². The van der Waals surface area contributed by atoms with E-state index < -0.39 is 5.97 Å². The van der Waals surface area contributed by atoms with Gasteiger partial charge in [-0.1, -0.05) is 13.8 Å². The standard InChI is InChI=1S/C18H27N3O3/c1-3-20(4-2)10-6-11-21-16-9-8-14(18(23)24)13-15(16)19-17(21)7-5-12-22/h8-9,13,22H,3-7,10-12H2,1-2H3,(H,23,24). The number of carboxylic acid groups (broad SMARTS) is 1. The summed E-state index contributed by atoms with van der Waals surface area (Å²) in [5, 5.41) is 18.2. The molecule has 1 aromatic carbocycles. The minimum Gasteiger partial charge on any atom is -0.478 e. The van der Waals surface area contributed by atoms with E-state index in [0.29, 0.717) is 18.4 Å². The lowest BCUT2D eigenvalue weighted by atomic mass is 10.2. The molecule has 2 N–H and O–H groups in total. The van der Waals surface area contributed by atoms with Crippen LogP contribution < -0.4 is 0 Å². The van der Waals surface area contributed by atoms with Crippen molar-refractivity contribution in [2.75, 3.05) is 26.2 Å². The van der Waals surface area contributed by atoms with Gasteiger partial charge in [0.25, 0.3) is 0 Å². The Kier molecular flexibility index (Phi) is 6.75. The molecule has 0 unspecified atom stereocenters. The summed E-state index contributed by atoms with van der Waals surface area (Å²) in [4.78, 5) is 18.1. The van der Waals surface area contributed by atoms with Crippen LogP contribution in [0.2, 0.25) is 0 Å². The Hall–Kier alpha value is -1.92. The third-order valence-corrected chi connectivity index (χ3v) is 4.38. The summed E-state index contributed by atoms with van der Waals surface area (Å²) in [5.41, 5.74) is 1.93. The van der Waals surface area contributed by atoms with Crippen LogP contribution in [0.3, 0.4) is 0 Å². The van der Waals surface area contributed by atoms with Crippen LogP contribution in [0.4, 0.5) is 0 Å². The summed E-state index contributed by atoms with van der Waals surface area (Å²) in [7, 11) is 0. The molecule has 0 fully saturated rings. The number of imidazole rings is 1. The van der Waals surface area contributed by atoms with E-state index in [9.17, 15) is 4.79 Å². The van der Waals surface area contributed by atoms with E-state index in [1.165, 1.54) is 0 Å². The molecule has 0 bridgehead atoms. The number of hydrogen-bond donors (Lipinski definition) is 2. The van der Waals surface area contributed by atoms with Crippen molar-refractivity contribution in [2.45, 2.75) is 39.7 Å². The lowest BCUT2D eigenvalue weighted by molar-refractivity contribution is 0.0697. The molecule has 0 aliphatic heterocycles. The number of hydrogen-bond acceptors (Lipinski definition) is 4. The van der Waals surface area contributed by atoms with Crippen LogP contribution in [-0.4, -0.2) is 56.9 Å². The molecule has 6 heteroatoms. The van der Waals surface area contributed by atoms with Crippen LogP contribution in [0.25, 0.3) is 11.0 Å². The maximum absolute atomic E-state index is 11.1. The Morgan fingerprint density at radius 1 is 1.25 bits per heavy atom. The molecule has 2 aromatic rings. The minimum absolute atomic E-state index is 0.128. The SMILES string of the molecule is CCN(CC)CCCn1c(CCCO)nc2cc(C(=O)O)ccc21. The van der Waals surface area contributed by atoms with Gasteiger partial charge >= 0.3 is 5.97 Å². The molecule has 1 aromatic heterocycles. The second kappa shape index (κ2) is 8.80. The maximum Gasteiger partial charge on any atom is 0.335 e. The number of carboxylic acids is 1. The summed E-state index contributed by atoms with van der Waals surface area (Å²) in [5.74, 6) is -0.0222. The zero-order valence-corrected chi connectivity index (χ0v) is 14.5. The molecule has 0 saturated carbocycles. The normalized spacial score (nSPS) is 11.5. The summed E-state index contributed by atoms with van der Waals surface area (Å²) < 4.78 is 2.17. The first kappa shape index (κ1) is 18.4. The molecule has 1 heterocycles. The van der Waals surface area contributed by atoms with Crippen molar-refractivity contribution in [2.24, 2.45) is 0 Å². The van der Waals surface area contributed by atoms with Crippen LogP contribution in [-0.2, 0) is 13.0 Å². The van der Waals surface area contributed by atoms with Gasteiger partial charge in [0.05, 0.1) is 16.6 Å². The molecule has 0 aliphatic carbocycles. The van der Waals surface area contributed by atoms with Crippen molar-refractivity contribution in [1.82, 2.24) is 14.5 Å². The van der Waals surface area contributed by atoms with Gasteiger partial charge in [-0.25, -0.2) is 9.78 Å². The van der Waals surface area contributed by atoms with Crippen LogP contribution in [0.5, 0.6) is 0 Å². The van der Waals surface area contributed by atoms with Crippen molar-refractivity contribution in [3.05, 3.63) is 29.6 Å². The fourth-order valence-corrected chi connectivity index (χ4v) is 2.98. The number of rotatable bonds is 10. The molecule has 0 radical (unpaired) electrons. The van der Waals surface area contributed by atoms with Gasteiger partial charge in [0, 0.05) is 19.6 Å². The summed E-state index contributed by atoms with van der Waals surface area (Å²) in [6.07, 6.45) is 2.37. The number of aromatic carboxylic acids is 1. The van der Waals surface area contributed by atoms with Gasteiger partial charge in [-0.05, 0) is 50.7 Å². The molecule has 0 aliphatic rings. The molecule has 0 atom stereocenters. The zero-order chi connectivity index (χ0) is 17.5. The highest BCUT2D eigenvalue weighted by Gasteiger charge is 2.13. The third kappa shape index (κ3) is 4.33. The molecular weight excluding hydrogens is 306 g/mol. The van der Waals surface area contributed by atoms with E-state index in [4.69, 9.17) is 10.2 Å². The number of aliphatic hydroxyl groups is 1. The molecule has 6 nitrogen and oxygen atoms in total. The summed E-state index contributed by atoms with van der Waals surface area (Å²) >= 11 is 0. The smallest absolute Gasteiger partial charge is 0.335 e. The number of carbonyl (C=O) groups is 1. The highest BCUT2D eigenvalue weighted by Crippen LogP contribution is 2.20. The fourth-order valence-electron chi connectivity index (χ4n) is 2.98. The predicted octanol–water partition coefficient (Wildman–Crippen LogP) is 2.39. The first-order chi connectivity index (χ1) is 11.6. The quantitative estimate of drug-likeness (QED) is 0.698. The number of aromatic nitrogens is 2. The van der Waals surface area contributed by atoms with Crippen LogP contribution in [0.1, 0.15) is 42.9 Å². The topological polar surface area (TPSA) is 78.6 Å². The number of aryl methyl sites for hydroxylation is 2. The van der Waals surface area contributed by atoms with E-state index in [1.807, 2.05) is 6.07 Å². The predicted molar refractivity (Wildman–Crippen MR) is 94.5 cm³/mol. The number of benzene rings is 1. The molecule has 132 valence electrons. The lowest BCUT2D eigenvalue weighted by Gasteiger charge is -2.18. The Bertz CT molecular complexity index is 677. The van der Waals surface area contributed by atoms with E-state index in [1.54, 1.807) is 12.1 Å². The monoisotopic (exact) mass is 333 g/mol. The average Bonchev–Trinajstić information content (AvgIpc) is 2.93. The van der Waals surface area contributed by atoms with Crippen molar-refractivity contribution in [1.29, 1.82) is 0 Å². The van der Waals surface area contributed by atoms with Crippen LogP contribution >= 0.6 is 0 Å². The first-order valence-electron chi connectivity index (χ1n) is 8.66. The molecule has 0 spiro atoms. The molecule has 2 rings (SSSR count). The van der Waals surface area contributed by atoms with Crippen LogP contribution in [0, 0.1) is 0 Å². The first-order valence-corrected chi connectivity index (χ1v) is 8.66. The van der Waals surface area contributed by atoms with Gasteiger partial charge in [0.2, 0.25) is 0 Å². The van der Waals surface area contributed by atoms with Crippen molar-refractivity contribution < 1.29 is 15.0 Å². The van der Waals surface area contributed by atoms with Gasteiger partial charge in [0.15, 0.2) is 0 Å². The highest BCUT2D eigenvalue weighted by molar-refractivity contribution is 5.92. The zero-order valence-electron chi connectivity index (χ0n) is 14.5. The summed E-state index contributed by atoms with van der Waals surface area (Å²) in [6, 6.07) is 5.09. The van der Waals surface area contributed by atoms with Gasteiger partial charge < -0.3 is 19.7 Å². The average molecular weight is 333 g/mol. The van der Waals surface area contributed by atoms with Gasteiger partial charge in [-0.3, -0.25) is 0 Å². The molecule has 24 heavy (non-hydrogen) atoms. The Morgan fingerprint density at radius 2 is 2.00 bits per heavy atom. The van der Waals surface area contributed by atoms with E-state index in [0.717, 1.165) is 43.9 Å². The minimum atomic E-state index is -0.940. The largest absolute Gasteiger partial charge is 0.478 e. The fraction of sp³-hybridized carbons (Fsp3) is 0.556. The Labute approximate surface area is 142 Å². The number of nitrogens with zero attached hydrogens (tertiary/aromatic N) is 3. The molecular formula is C18H27N3O3. The molecule has 0 saturated heterocycles. The van der Waals surface area contributed by atoms with Crippen molar-refractivity contribution in [3.8, 4) is 0 Å². The highest BCUT2D eigenvalue weighted by atomic mass is 16.4.